The maximum atomic E-state index is 8.91. The number of ether oxygens (including phenoxy) is 1. The van der Waals surface area contributed by atoms with E-state index >= 15 is 0 Å². The molecule has 0 radical (unpaired) electrons. The normalized spacial score (nSPS) is 18.2. The first kappa shape index (κ1) is 14.1. The molecule has 3 rings (SSSR count). The average molecular weight is 283 g/mol. The molecule has 1 saturated heterocycles. The highest BCUT2D eigenvalue weighted by Crippen LogP contribution is 2.35. The lowest BCUT2D eigenvalue weighted by molar-refractivity contribution is 0.0803. The molecule has 0 aliphatic carbocycles. The van der Waals surface area contributed by atoms with Crippen LogP contribution >= 0.6 is 0 Å². The molecule has 1 fully saturated rings. The number of aliphatic hydroxyl groups excluding tert-OH is 1. The van der Waals surface area contributed by atoms with Crippen molar-refractivity contribution in [3.63, 3.8) is 0 Å². The lowest BCUT2D eigenvalue weighted by Gasteiger charge is -2.41. The van der Waals surface area contributed by atoms with Gasteiger partial charge < -0.3 is 9.84 Å². The van der Waals surface area contributed by atoms with Crippen LogP contribution in [-0.2, 0) is 6.54 Å². The Morgan fingerprint density at radius 2 is 1.81 bits per heavy atom. The molecule has 3 nitrogen and oxygen atoms in total. The van der Waals surface area contributed by atoms with E-state index in [2.05, 4.69) is 41.3 Å². The molecule has 2 aromatic carbocycles. The van der Waals surface area contributed by atoms with Crippen molar-refractivity contribution in [3.8, 4) is 5.75 Å². The van der Waals surface area contributed by atoms with Gasteiger partial charge in [-0.3, -0.25) is 4.90 Å². The van der Waals surface area contributed by atoms with Gasteiger partial charge in [0.15, 0.2) is 0 Å². The first-order valence-electron chi connectivity index (χ1n) is 7.49. The summed E-state index contributed by atoms with van der Waals surface area (Å²) in [4.78, 5) is 2.47. The van der Waals surface area contributed by atoms with Crippen molar-refractivity contribution in [2.45, 2.75) is 19.0 Å². The van der Waals surface area contributed by atoms with E-state index in [1.54, 1.807) is 0 Å². The molecule has 110 valence electrons. The number of rotatable bonds is 6. The van der Waals surface area contributed by atoms with Crippen molar-refractivity contribution in [3.05, 3.63) is 65.7 Å². The van der Waals surface area contributed by atoms with Crippen LogP contribution in [0.25, 0.3) is 0 Å². The van der Waals surface area contributed by atoms with E-state index < -0.39 is 0 Å². The summed E-state index contributed by atoms with van der Waals surface area (Å²) in [5.74, 6) is 0.880. The molecule has 1 N–H and O–H groups in total. The minimum atomic E-state index is 0.0463. The number of hydrogen-bond acceptors (Lipinski definition) is 3. The van der Waals surface area contributed by atoms with Gasteiger partial charge in [0.2, 0.25) is 0 Å². The number of aliphatic hydroxyl groups is 1. The van der Waals surface area contributed by atoms with Gasteiger partial charge in [-0.05, 0) is 18.1 Å². The summed E-state index contributed by atoms with van der Waals surface area (Å²) in [5, 5.41) is 8.91. The zero-order valence-corrected chi connectivity index (χ0v) is 12.1. The lowest BCUT2D eigenvalue weighted by Crippen LogP contribution is -2.40. The van der Waals surface area contributed by atoms with Gasteiger partial charge >= 0.3 is 0 Å². The summed E-state index contributed by atoms with van der Waals surface area (Å²) < 4.78 is 5.62. The molecule has 0 spiro atoms. The van der Waals surface area contributed by atoms with Crippen molar-refractivity contribution in [2.24, 2.45) is 0 Å². The van der Waals surface area contributed by atoms with Gasteiger partial charge in [0.05, 0.1) is 6.61 Å². The van der Waals surface area contributed by atoms with E-state index in [1.807, 2.05) is 18.2 Å². The second kappa shape index (κ2) is 6.74. The average Bonchev–Trinajstić information content (AvgIpc) is 2.51. The Morgan fingerprint density at radius 3 is 2.52 bits per heavy atom. The first-order valence-corrected chi connectivity index (χ1v) is 7.49. The minimum Gasteiger partial charge on any atom is -0.491 e. The fourth-order valence-electron chi connectivity index (χ4n) is 2.83. The van der Waals surface area contributed by atoms with E-state index in [9.17, 15) is 0 Å². The Balaban J connectivity index is 1.69. The van der Waals surface area contributed by atoms with Crippen LogP contribution in [0.3, 0.4) is 0 Å². The van der Waals surface area contributed by atoms with Gasteiger partial charge in [0, 0.05) is 24.7 Å². The van der Waals surface area contributed by atoms with Crippen molar-refractivity contribution in [1.29, 1.82) is 0 Å². The molecule has 0 aromatic heterocycles. The largest absolute Gasteiger partial charge is 0.491 e. The molecule has 0 bridgehead atoms. The summed E-state index contributed by atoms with van der Waals surface area (Å²) in [6.45, 7) is 2.40. The zero-order chi connectivity index (χ0) is 14.5. The van der Waals surface area contributed by atoms with E-state index in [0.717, 1.165) is 18.8 Å². The number of nitrogens with zero attached hydrogens (tertiary/aromatic N) is 1. The summed E-state index contributed by atoms with van der Waals surface area (Å²) in [5.41, 5.74) is 2.57. The minimum absolute atomic E-state index is 0.0463. The maximum absolute atomic E-state index is 8.91. The van der Waals surface area contributed by atoms with E-state index in [1.165, 1.54) is 17.5 Å². The smallest absolute Gasteiger partial charge is 0.123 e. The van der Waals surface area contributed by atoms with Gasteiger partial charge in [0.25, 0.3) is 0 Å². The first-order chi connectivity index (χ1) is 10.4. The zero-order valence-electron chi connectivity index (χ0n) is 12.1. The SMILES string of the molecule is OCCOc1ccccc1CN1CC[C@H]1c1ccccc1. The standard InChI is InChI=1S/C18H21NO2/c20-12-13-21-18-9-5-4-8-16(18)14-19-11-10-17(19)15-6-2-1-3-7-15/h1-9,17,20H,10-14H2/t17-/m0/s1. The van der Waals surface area contributed by atoms with Gasteiger partial charge in [-0.1, -0.05) is 48.5 Å². The fraction of sp³-hybridized carbons (Fsp3) is 0.333. The quantitative estimate of drug-likeness (QED) is 0.884. The number of benzene rings is 2. The number of likely N-dealkylation sites (tertiary alicyclic amines) is 1. The predicted molar refractivity (Wildman–Crippen MR) is 83.2 cm³/mol. The molecule has 21 heavy (non-hydrogen) atoms. The van der Waals surface area contributed by atoms with Crippen molar-refractivity contribution in [2.75, 3.05) is 19.8 Å². The third-order valence-electron chi connectivity index (χ3n) is 4.01. The Kier molecular flexibility index (Phi) is 4.53. The topological polar surface area (TPSA) is 32.7 Å². The van der Waals surface area contributed by atoms with E-state index in [4.69, 9.17) is 9.84 Å². The maximum Gasteiger partial charge on any atom is 0.123 e. The van der Waals surface area contributed by atoms with Crippen LogP contribution in [0.15, 0.2) is 54.6 Å². The van der Waals surface area contributed by atoms with Crippen molar-refractivity contribution >= 4 is 0 Å². The summed E-state index contributed by atoms with van der Waals surface area (Å²) >= 11 is 0. The van der Waals surface area contributed by atoms with Crippen LogP contribution in [0.2, 0.25) is 0 Å². The van der Waals surface area contributed by atoms with Gasteiger partial charge in [-0.2, -0.15) is 0 Å². The second-order valence-corrected chi connectivity index (χ2v) is 5.37. The molecular weight excluding hydrogens is 262 g/mol. The Hall–Kier alpha value is -1.84. The van der Waals surface area contributed by atoms with Crippen molar-refractivity contribution < 1.29 is 9.84 Å². The molecular formula is C18H21NO2. The molecule has 1 atom stereocenters. The molecule has 0 unspecified atom stereocenters. The summed E-state index contributed by atoms with van der Waals surface area (Å²) in [7, 11) is 0. The fourth-order valence-corrected chi connectivity index (χ4v) is 2.83. The van der Waals surface area contributed by atoms with Crippen LogP contribution in [0.4, 0.5) is 0 Å². The third-order valence-corrected chi connectivity index (χ3v) is 4.01. The van der Waals surface area contributed by atoms with Crippen LogP contribution in [0.5, 0.6) is 5.75 Å². The van der Waals surface area contributed by atoms with Crippen LogP contribution in [0, 0.1) is 0 Å². The summed E-state index contributed by atoms with van der Waals surface area (Å²) in [6.07, 6.45) is 1.21. The Morgan fingerprint density at radius 1 is 1.05 bits per heavy atom. The molecule has 0 saturated carbocycles. The van der Waals surface area contributed by atoms with Crippen LogP contribution in [0.1, 0.15) is 23.6 Å². The molecule has 2 aromatic rings. The Bertz CT molecular complexity index is 570. The van der Waals surface area contributed by atoms with Gasteiger partial charge in [-0.15, -0.1) is 0 Å². The lowest BCUT2D eigenvalue weighted by atomic mass is 9.94. The molecule has 3 heteroatoms. The third kappa shape index (κ3) is 3.26. The second-order valence-electron chi connectivity index (χ2n) is 5.37. The van der Waals surface area contributed by atoms with Gasteiger partial charge in [0.1, 0.15) is 12.4 Å². The molecule has 1 aliphatic rings. The molecule has 0 amide bonds. The van der Waals surface area contributed by atoms with Crippen molar-refractivity contribution in [1.82, 2.24) is 4.90 Å². The highest BCUT2D eigenvalue weighted by molar-refractivity contribution is 5.34. The monoisotopic (exact) mass is 283 g/mol. The number of para-hydroxylation sites is 1. The highest BCUT2D eigenvalue weighted by Gasteiger charge is 2.29. The molecule has 1 heterocycles. The van der Waals surface area contributed by atoms with Crippen LogP contribution < -0.4 is 4.74 Å². The van der Waals surface area contributed by atoms with Crippen LogP contribution in [-0.4, -0.2) is 29.8 Å². The Labute approximate surface area is 125 Å². The van der Waals surface area contributed by atoms with E-state index in [0.29, 0.717) is 12.6 Å². The van der Waals surface area contributed by atoms with E-state index in [-0.39, 0.29) is 6.61 Å². The molecule has 1 aliphatic heterocycles. The number of hydrogen-bond donors (Lipinski definition) is 1. The van der Waals surface area contributed by atoms with Gasteiger partial charge in [-0.25, -0.2) is 0 Å². The predicted octanol–water partition coefficient (Wildman–Crippen LogP) is 3.00. The summed E-state index contributed by atoms with van der Waals surface area (Å²) in [6, 6.07) is 19.3. The highest BCUT2D eigenvalue weighted by atomic mass is 16.5.